The molecule has 0 saturated heterocycles. The molecule has 0 radical (unpaired) electrons. The molecule has 2 nitrogen and oxygen atoms in total. The molecule has 0 aromatic heterocycles. The second kappa shape index (κ2) is 9.37. The topological polar surface area (TPSA) is 26.3 Å². The number of carbonyl (C=O) groups is 1. The van der Waals surface area contributed by atoms with Gasteiger partial charge >= 0.3 is 5.97 Å². The van der Waals surface area contributed by atoms with Gasteiger partial charge in [0.2, 0.25) is 0 Å². The standard InChI is InChI=1S/C15H30O2Si/c1-6-15(16)17-12-10-8-7-9-11-14(2)13-18(3,4)5/h6,14H,1,7-13H2,2-5H3. The average molecular weight is 270 g/mol. The Balaban J connectivity index is 3.35. The number of hydrogen-bond donors (Lipinski definition) is 0. The molecule has 0 bridgehead atoms. The van der Waals surface area contributed by atoms with Crippen molar-refractivity contribution < 1.29 is 9.53 Å². The van der Waals surface area contributed by atoms with Crippen LogP contribution >= 0.6 is 0 Å². The van der Waals surface area contributed by atoms with Crippen molar-refractivity contribution >= 4 is 14.0 Å². The van der Waals surface area contributed by atoms with E-state index in [4.69, 9.17) is 4.74 Å². The number of hydrogen-bond acceptors (Lipinski definition) is 2. The van der Waals surface area contributed by atoms with Gasteiger partial charge in [0.15, 0.2) is 0 Å². The van der Waals surface area contributed by atoms with Gasteiger partial charge in [-0.05, 0) is 12.3 Å². The lowest BCUT2D eigenvalue weighted by molar-refractivity contribution is -0.137. The van der Waals surface area contributed by atoms with E-state index < -0.39 is 8.07 Å². The van der Waals surface area contributed by atoms with Gasteiger partial charge in [-0.2, -0.15) is 0 Å². The molecule has 1 atom stereocenters. The van der Waals surface area contributed by atoms with E-state index in [2.05, 4.69) is 33.1 Å². The summed E-state index contributed by atoms with van der Waals surface area (Å²) in [7, 11) is -0.885. The molecule has 0 amide bonds. The predicted octanol–water partition coefficient (Wildman–Crippen LogP) is 4.64. The fourth-order valence-corrected chi connectivity index (χ4v) is 4.62. The fourth-order valence-electron chi connectivity index (χ4n) is 2.33. The normalized spacial score (nSPS) is 13.1. The average Bonchev–Trinajstić information content (AvgIpc) is 2.25. The van der Waals surface area contributed by atoms with Crippen molar-refractivity contribution in [2.24, 2.45) is 5.92 Å². The molecule has 0 fully saturated rings. The van der Waals surface area contributed by atoms with E-state index in [1.54, 1.807) is 0 Å². The molecular formula is C15H30O2Si. The van der Waals surface area contributed by atoms with Crippen LogP contribution < -0.4 is 0 Å². The summed E-state index contributed by atoms with van der Waals surface area (Å²) in [6, 6.07) is 1.43. The van der Waals surface area contributed by atoms with Gasteiger partial charge < -0.3 is 4.74 Å². The zero-order chi connectivity index (χ0) is 14.0. The monoisotopic (exact) mass is 270 g/mol. The molecule has 0 rings (SSSR count). The van der Waals surface area contributed by atoms with E-state index in [1.807, 2.05) is 0 Å². The van der Waals surface area contributed by atoms with Gasteiger partial charge in [-0.15, -0.1) is 0 Å². The van der Waals surface area contributed by atoms with E-state index >= 15 is 0 Å². The first-order chi connectivity index (χ1) is 8.35. The van der Waals surface area contributed by atoms with Crippen molar-refractivity contribution in [3.8, 4) is 0 Å². The van der Waals surface area contributed by atoms with Crippen LogP contribution in [0.25, 0.3) is 0 Å². The highest BCUT2D eigenvalue weighted by molar-refractivity contribution is 6.76. The van der Waals surface area contributed by atoms with E-state index in [1.165, 1.54) is 31.4 Å². The van der Waals surface area contributed by atoms with E-state index in [-0.39, 0.29) is 5.97 Å². The van der Waals surface area contributed by atoms with E-state index in [0.717, 1.165) is 18.8 Å². The maximum atomic E-state index is 10.8. The SMILES string of the molecule is C=CC(=O)OCCCCCCC(C)C[Si](C)(C)C. The lowest BCUT2D eigenvalue weighted by atomic mass is 10.0. The van der Waals surface area contributed by atoms with Crippen molar-refractivity contribution in [1.29, 1.82) is 0 Å². The molecule has 0 aromatic carbocycles. The molecule has 0 aliphatic rings. The summed E-state index contributed by atoms with van der Waals surface area (Å²) in [5.74, 6) is 0.564. The molecule has 0 aliphatic carbocycles. The Morgan fingerprint density at radius 3 is 2.39 bits per heavy atom. The molecule has 0 saturated carbocycles. The van der Waals surface area contributed by atoms with Gasteiger partial charge in [-0.1, -0.05) is 64.9 Å². The maximum absolute atomic E-state index is 10.8. The largest absolute Gasteiger partial charge is 0.463 e. The third-order valence-corrected chi connectivity index (χ3v) is 4.88. The van der Waals surface area contributed by atoms with Crippen LogP contribution in [-0.4, -0.2) is 20.7 Å². The van der Waals surface area contributed by atoms with Crippen LogP contribution in [0.2, 0.25) is 25.7 Å². The quantitative estimate of drug-likeness (QED) is 0.250. The third kappa shape index (κ3) is 11.9. The molecule has 3 heteroatoms. The van der Waals surface area contributed by atoms with E-state index in [9.17, 15) is 4.79 Å². The zero-order valence-corrected chi connectivity index (χ0v) is 13.6. The van der Waals surface area contributed by atoms with Crippen molar-refractivity contribution in [1.82, 2.24) is 0 Å². The van der Waals surface area contributed by atoms with Crippen molar-refractivity contribution in [2.45, 2.75) is 64.7 Å². The minimum absolute atomic E-state index is 0.307. The fraction of sp³-hybridized carbons (Fsp3) is 0.800. The summed E-state index contributed by atoms with van der Waals surface area (Å²) in [5, 5.41) is 0. The summed E-state index contributed by atoms with van der Waals surface area (Å²) in [4.78, 5) is 10.8. The van der Waals surface area contributed by atoms with Crippen molar-refractivity contribution in [2.75, 3.05) is 6.61 Å². The zero-order valence-electron chi connectivity index (χ0n) is 12.6. The van der Waals surface area contributed by atoms with Crippen LogP contribution in [0.1, 0.15) is 39.0 Å². The lowest BCUT2D eigenvalue weighted by Crippen LogP contribution is -2.22. The number of esters is 1. The van der Waals surface area contributed by atoms with Crippen LogP contribution in [0.15, 0.2) is 12.7 Å². The second-order valence-corrected chi connectivity index (χ2v) is 12.0. The van der Waals surface area contributed by atoms with Crippen LogP contribution in [0.4, 0.5) is 0 Å². The van der Waals surface area contributed by atoms with Crippen molar-refractivity contribution in [3.05, 3.63) is 12.7 Å². The van der Waals surface area contributed by atoms with Gasteiger partial charge in [0.25, 0.3) is 0 Å². The van der Waals surface area contributed by atoms with Crippen LogP contribution in [0.3, 0.4) is 0 Å². The Hall–Kier alpha value is -0.573. The molecule has 18 heavy (non-hydrogen) atoms. The van der Waals surface area contributed by atoms with Gasteiger partial charge in [-0.3, -0.25) is 0 Å². The summed E-state index contributed by atoms with van der Waals surface area (Å²) < 4.78 is 4.93. The number of rotatable bonds is 10. The molecule has 0 heterocycles. The predicted molar refractivity (Wildman–Crippen MR) is 81.6 cm³/mol. The minimum atomic E-state index is -0.885. The van der Waals surface area contributed by atoms with Gasteiger partial charge in [0.1, 0.15) is 0 Å². The first kappa shape index (κ1) is 17.4. The van der Waals surface area contributed by atoms with E-state index in [0.29, 0.717) is 6.61 Å². The van der Waals surface area contributed by atoms with Crippen LogP contribution in [-0.2, 0) is 9.53 Å². The molecule has 0 aromatic rings. The number of ether oxygens (including phenoxy) is 1. The minimum Gasteiger partial charge on any atom is -0.463 e. The highest BCUT2D eigenvalue weighted by Gasteiger charge is 2.16. The first-order valence-electron chi connectivity index (χ1n) is 7.14. The van der Waals surface area contributed by atoms with Gasteiger partial charge in [-0.25, -0.2) is 4.79 Å². The highest BCUT2D eigenvalue weighted by atomic mass is 28.3. The molecule has 0 spiro atoms. The number of unbranched alkanes of at least 4 members (excludes halogenated alkanes) is 3. The van der Waals surface area contributed by atoms with Crippen LogP contribution in [0, 0.1) is 5.92 Å². The first-order valence-corrected chi connectivity index (χ1v) is 10.8. The summed E-state index contributed by atoms with van der Waals surface area (Å²) >= 11 is 0. The Bertz CT molecular complexity index is 243. The number of carbonyl (C=O) groups excluding carboxylic acids is 1. The second-order valence-electron chi connectivity index (χ2n) is 6.44. The maximum Gasteiger partial charge on any atom is 0.330 e. The Kier molecular flexibility index (Phi) is 9.07. The molecular weight excluding hydrogens is 240 g/mol. The summed E-state index contributed by atoms with van der Waals surface area (Å²) in [6.07, 6.45) is 7.25. The smallest absolute Gasteiger partial charge is 0.330 e. The molecule has 1 unspecified atom stereocenters. The highest BCUT2D eigenvalue weighted by Crippen LogP contribution is 2.21. The van der Waals surface area contributed by atoms with Gasteiger partial charge in [0, 0.05) is 14.1 Å². The lowest BCUT2D eigenvalue weighted by Gasteiger charge is -2.21. The van der Waals surface area contributed by atoms with Crippen LogP contribution in [0.5, 0.6) is 0 Å². The molecule has 106 valence electrons. The molecule has 0 N–H and O–H groups in total. The third-order valence-electron chi connectivity index (χ3n) is 2.96. The summed E-state index contributed by atoms with van der Waals surface area (Å²) in [6.45, 7) is 13.6. The Morgan fingerprint density at radius 1 is 1.22 bits per heavy atom. The summed E-state index contributed by atoms with van der Waals surface area (Å²) in [5.41, 5.74) is 0. The Morgan fingerprint density at radius 2 is 1.83 bits per heavy atom. The van der Waals surface area contributed by atoms with Gasteiger partial charge in [0.05, 0.1) is 6.61 Å². The molecule has 0 aliphatic heterocycles. The Labute approximate surface area is 114 Å². The van der Waals surface area contributed by atoms with Crippen molar-refractivity contribution in [3.63, 3.8) is 0 Å².